The van der Waals surface area contributed by atoms with Crippen LogP contribution in [0.1, 0.15) is 17.3 Å². The Hall–Kier alpha value is -1.40. The third kappa shape index (κ3) is 1.76. The molecule has 3 heteroatoms. The van der Waals surface area contributed by atoms with Gasteiger partial charge in [0.15, 0.2) is 0 Å². The summed E-state index contributed by atoms with van der Waals surface area (Å²) >= 11 is 0. The molecule has 1 unspecified atom stereocenters. The van der Waals surface area contributed by atoms with E-state index in [1.165, 1.54) is 0 Å². The fourth-order valence-corrected chi connectivity index (χ4v) is 0.796. The Morgan fingerprint density at radius 3 is 3.00 bits per heavy atom. The quantitative estimate of drug-likeness (QED) is 0.642. The van der Waals surface area contributed by atoms with Crippen LogP contribution in [0.25, 0.3) is 0 Å². The van der Waals surface area contributed by atoms with Crippen molar-refractivity contribution < 1.29 is 0 Å². The third-order valence-electron chi connectivity index (χ3n) is 1.39. The van der Waals surface area contributed by atoms with E-state index >= 15 is 0 Å². The van der Waals surface area contributed by atoms with E-state index in [1.807, 2.05) is 25.1 Å². The Morgan fingerprint density at radius 1 is 1.73 bits per heavy atom. The van der Waals surface area contributed by atoms with Gasteiger partial charge in [0.25, 0.3) is 0 Å². The zero-order chi connectivity index (χ0) is 8.27. The molecule has 0 spiro atoms. The van der Waals surface area contributed by atoms with Crippen LogP contribution in [0.4, 0.5) is 0 Å². The van der Waals surface area contributed by atoms with Crippen molar-refractivity contribution in [2.45, 2.75) is 13.0 Å². The van der Waals surface area contributed by atoms with Crippen molar-refractivity contribution in [1.29, 1.82) is 5.26 Å². The van der Waals surface area contributed by atoms with Gasteiger partial charge in [0.05, 0.1) is 11.8 Å². The molecule has 2 N–H and O–H groups in total. The molecule has 0 saturated carbocycles. The predicted molar refractivity (Wildman–Crippen MR) is 41.5 cm³/mol. The second-order valence-electron chi connectivity index (χ2n) is 2.36. The summed E-state index contributed by atoms with van der Waals surface area (Å²) in [6.07, 6.45) is 1.65. The highest BCUT2D eigenvalue weighted by Crippen LogP contribution is 2.06. The molecule has 3 nitrogen and oxygen atoms in total. The number of aryl methyl sites for hydroxylation is 1. The molecule has 0 aliphatic carbocycles. The van der Waals surface area contributed by atoms with Crippen LogP contribution in [0.3, 0.4) is 0 Å². The lowest BCUT2D eigenvalue weighted by atomic mass is 10.2. The molecule has 0 bridgehead atoms. The van der Waals surface area contributed by atoms with Gasteiger partial charge in [-0.05, 0) is 24.6 Å². The maximum Gasteiger partial charge on any atom is 0.135 e. The van der Waals surface area contributed by atoms with Crippen LogP contribution >= 0.6 is 0 Å². The summed E-state index contributed by atoms with van der Waals surface area (Å²) in [4.78, 5) is 3.96. The number of rotatable bonds is 1. The van der Waals surface area contributed by atoms with E-state index in [0.717, 1.165) is 5.56 Å². The molecule has 1 aromatic rings. The number of nitriles is 1. The number of hydrogen-bond donors (Lipinski definition) is 1. The molecular formula is C8H9N3. The monoisotopic (exact) mass is 147 g/mol. The van der Waals surface area contributed by atoms with E-state index in [1.54, 1.807) is 6.20 Å². The average Bonchev–Trinajstić information content (AvgIpc) is 2.03. The summed E-state index contributed by atoms with van der Waals surface area (Å²) in [5.74, 6) is 0. The highest BCUT2D eigenvalue weighted by atomic mass is 14.8. The highest BCUT2D eigenvalue weighted by molar-refractivity contribution is 5.20. The van der Waals surface area contributed by atoms with Crippen molar-refractivity contribution in [2.75, 3.05) is 0 Å². The summed E-state index contributed by atoms with van der Waals surface area (Å²) < 4.78 is 0. The minimum atomic E-state index is -0.602. The summed E-state index contributed by atoms with van der Waals surface area (Å²) in [5, 5.41) is 8.46. The first-order valence-electron chi connectivity index (χ1n) is 3.32. The molecule has 56 valence electrons. The maximum atomic E-state index is 8.46. The van der Waals surface area contributed by atoms with Crippen molar-refractivity contribution in [1.82, 2.24) is 4.98 Å². The second-order valence-corrected chi connectivity index (χ2v) is 2.36. The van der Waals surface area contributed by atoms with Gasteiger partial charge in [-0.3, -0.25) is 4.98 Å². The van der Waals surface area contributed by atoms with Crippen LogP contribution in [0.5, 0.6) is 0 Å². The summed E-state index contributed by atoms with van der Waals surface area (Å²) in [5.41, 5.74) is 7.14. The van der Waals surface area contributed by atoms with Gasteiger partial charge >= 0.3 is 0 Å². The second kappa shape index (κ2) is 3.13. The molecule has 1 aromatic heterocycles. The molecule has 0 aliphatic heterocycles. The summed E-state index contributed by atoms with van der Waals surface area (Å²) in [6.45, 7) is 1.94. The van der Waals surface area contributed by atoms with E-state index in [-0.39, 0.29) is 0 Å². The maximum absolute atomic E-state index is 8.46. The molecule has 1 heterocycles. The van der Waals surface area contributed by atoms with Crippen molar-refractivity contribution in [3.63, 3.8) is 0 Å². The number of aromatic nitrogens is 1. The number of nitrogens with zero attached hydrogens (tertiary/aromatic N) is 2. The Balaban J connectivity index is 2.98. The van der Waals surface area contributed by atoms with Crippen LogP contribution < -0.4 is 5.73 Å². The minimum Gasteiger partial charge on any atom is -0.311 e. The van der Waals surface area contributed by atoms with Crippen LogP contribution in [0, 0.1) is 18.3 Å². The fourth-order valence-electron chi connectivity index (χ4n) is 0.796. The van der Waals surface area contributed by atoms with Gasteiger partial charge in [-0.25, -0.2) is 0 Å². The van der Waals surface area contributed by atoms with E-state index in [2.05, 4.69) is 4.98 Å². The number of hydrogen-bond acceptors (Lipinski definition) is 3. The summed E-state index contributed by atoms with van der Waals surface area (Å²) in [7, 11) is 0. The van der Waals surface area contributed by atoms with Crippen molar-refractivity contribution in [3.05, 3.63) is 29.6 Å². The molecule has 1 atom stereocenters. The smallest absolute Gasteiger partial charge is 0.135 e. The third-order valence-corrected chi connectivity index (χ3v) is 1.39. The normalized spacial score (nSPS) is 12.1. The minimum absolute atomic E-state index is 0.602. The van der Waals surface area contributed by atoms with Gasteiger partial charge < -0.3 is 5.73 Å². The van der Waals surface area contributed by atoms with Crippen molar-refractivity contribution in [3.8, 4) is 6.07 Å². The molecule has 11 heavy (non-hydrogen) atoms. The predicted octanol–water partition coefficient (Wildman–Crippen LogP) is 0.913. The molecule has 0 saturated heterocycles. The van der Waals surface area contributed by atoms with E-state index in [9.17, 15) is 0 Å². The Bertz CT molecular complexity index is 288. The lowest BCUT2D eigenvalue weighted by Crippen LogP contribution is -2.09. The molecule has 0 amide bonds. The van der Waals surface area contributed by atoms with Gasteiger partial charge in [0, 0.05) is 6.20 Å². The van der Waals surface area contributed by atoms with Crippen LogP contribution in [0.15, 0.2) is 18.3 Å². The van der Waals surface area contributed by atoms with Crippen molar-refractivity contribution >= 4 is 0 Å². The average molecular weight is 147 g/mol. The molecular weight excluding hydrogens is 138 g/mol. The first kappa shape index (κ1) is 7.70. The lowest BCUT2D eigenvalue weighted by molar-refractivity contribution is 0.872. The Labute approximate surface area is 65.5 Å². The molecule has 0 fully saturated rings. The first-order chi connectivity index (χ1) is 5.24. The van der Waals surface area contributed by atoms with Gasteiger partial charge in [-0.1, -0.05) is 0 Å². The van der Waals surface area contributed by atoms with Gasteiger partial charge in [0.1, 0.15) is 6.04 Å². The largest absolute Gasteiger partial charge is 0.311 e. The zero-order valence-corrected chi connectivity index (χ0v) is 6.28. The standard InChI is InChI=1S/C8H9N3/c1-6-2-3-11-8(4-6)7(10)5-9/h2-4,7H,10H2,1H3. The molecule has 0 radical (unpaired) electrons. The molecule has 0 aliphatic rings. The molecule has 0 aromatic carbocycles. The number of nitrogens with two attached hydrogens (primary N) is 1. The fraction of sp³-hybridized carbons (Fsp3) is 0.250. The zero-order valence-electron chi connectivity index (χ0n) is 6.28. The van der Waals surface area contributed by atoms with Gasteiger partial charge in [-0.2, -0.15) is 5.26 Å². The molecule has 1 rings (SSSR count). The lowest BCUT2D eigenvalue weighted by Gasteiger charge is -2.01. The highest BCUT2D eigenvalue weighted by Gasteiger charge is 2.03. The van der Waals surface area contributed by atoms with E-state index < -0.39 is 6.04 Å². The number of pyridine rings is 1. The van der Waals surface area contributed by atoms with Crippen molar-refractivity contribution in [2.24, 2.45) is 5.73 Å². The van der Waals surface area contributed by atoms with Crippen LogP contribution in [-0.2, 0) is 0 Å². The van der Waals surface area contributed by atoms with Gasteiger partial charge in [0.2, 0.25) is 0 Å². The topological polar surface area (TPSA) is 62.7 Å². The first-order valence-corrected chi connectivity index (χ1v) is 3.32. The van der Waals surface area contributed by atoms with Crippen LogP contribution in [0.2, 0.25) is 0 Å². The summed E-state index contributed by atoms with van der Waals surface area (Å²) in [6, 6.07) is 5.00. The van der Waals surface area contributed by atoms with Crippen LogP contribution in [-0.4, -0.2) is 4.98 Å². The Kier molecular flexibility index (Phi) is 2.19. The Morgan fingerprint density at radius 2 is 2.45 bits per heavy atom. The van der Waals surface area contributed by atoms with E-state index in [0.29, 0.717) is 5.69 Å². The SMILES string of the molecule is Cc1ccnc(C(N)C#N)c1. The van der Waals surface area contributed by atoms with Gasteiger partial charge in [-0.15, -0.1) is 0 Å². The van der Waals surface area contributed by atoms with E-state index in [4.69, 9.17) is 11.0 Å².